The lowest BCUT2D eigenvalue weighted by atomic mass is 9.84. The van der Waals surface area contributed by atoms with E-state index in [0.29, 0.717) is 11.5 Å². The number of aromatic carboxylic acids is 1. The average Bonchev–Trinajstić information content (AvgIpc) is 3.10. The van der Waals surface area contributed by atoms with Crippen LogP contribution in [0.5, 0.6) is 0 Å². The molecule has 4 nitrogen and oxygen atoms in total. The molecule has 2 aliphatic carbocycles. The molecule has 0 aromatic heterocycles. The van der Waals surface area contributed by atoms with E-state index < -0.39 is 5.97 Å². The van der Waals surface area contributed by atoms with E-state index in [0.717, 1.165) is 11.8 Å². The van der Waals surface area contributed by atoms with Gasteiger partial charge in [0.15, 0.2) is 0 Å². The van der Waals surface area contributed by atoms with Crippen molar-refractivity contribution in [2.24, 2.45) is 17.8 Å². The Hall–Kier alpha value is -1.84. The van der Waals surface area contributed by atoms with Crippen molar-refractivity contribution in [3.63, 3.8) is 0 Å². The highest BCUT2D eigenvalue weighted by Gasteiger charge is 2.42. The van der Waals surface area contributed by atoms with Crippen LogP contribution in [0.25, 0.3) is 0 Å². The predicted molar refractivity (Wildman–Crippen MR) is 79.3 cm³/mol. The summed E-state index contributed by atoms with van der Waals surface area (Å²) in [7, 11) is 0. The number of hydrogen-bond donors (Lipinski definition) is 2. The van der Waals surface area contributed by atoms with Crippen LogP contribution in [-0.2, 0) is 0 Å². The number of carboxylic acid groups (broad SMARTS) is 1. The molecule has 0 aliphatic heterocycles. The van der Waals surface area contributed by atoms with E-state index in [1.165, 1.54) is 37.8 Å². The number of benzene rings is 1. The van der Waals surface area contributed by atoms with Crippen LogP contribution in [0.1, 0.15) is 53.3 Å². The van der Waals surface area contributed by atoms with E-state index in [1.54, 1.807) is 12.1 Å². The van der Waals surface area contributed by atoms with Gasteiger partial charge in [0.1, 0.15) is 0 Å². The maximum absolute atomic E-state index is 12.3. The quantitative estimate of drug-likeness (QED) is 0.894. The lowest BCUT2D eigenvalue weighted by Crippen LogP contribution is -2.40. The molecule has 0 heterocycles. The van der Waals surface area contributed by atoms with Crippen molar-refractivity contribution in [2.75, 3.05) is 0 Å². The highest BCUT2D eigenvalue weighted by Crippen LogP contribution is 2.49. The van der Waals surface area contributed by atoms with Gasteiger partial charge in [-0.3, -0.25) is 4.79 Å². The van der Waals surface area contributed by atoms with E-state index in [4.69, 9.17) is 5.11 Å². The first-order valence-electron chi connectivity index (χ1n) is 7.69. The topological polar surface area (TPSA) is 66.4 Å². The van der Waals surface area contributed by atoms with Crippen molar-refractivity contribution in [1.82, 2.24) is 5.32 Å². The number of rotatable bonds is 4. The number of carbonyl (C=O) groups excluding carboxylic acids is 1. The monoisotopic (exact) mass is 287 g/mol. The van der Waals surface area contributed by atoms with Gasteiger partial charge < -0.3 is 10.4 Å². The van der Waals surface area contributed by atoms with Gasteiger partial charge in [-0.05, 0) is 62.1 Å². The van der Waals surface area contributed by atoms with Crippen molar-refractivity contribution in [3.8, 4) is 0 Å². The Kier molecular flexibility index (Phi) is 3.70. The summed E-state index contributed by atoms with van der Waals surface area (Å²) in [4.78, 5) is 23.3. The molecular weight excluding hydrogens is 266 g/mol. The number of fused-ring (bicyclic) bond motifs is 2. The second kappa shape index (κ2) is 5.51. The minimum absolute atomic E-state index is 0.148. The van der Waals surface area contributed by atoms with E-state index in [1.807, 2.05) is 0 Å². The van der Waals surface area contributed by atoms with Crippen LogP contribution in [0.15, 0.2) is 24.3 Å². The van der Waals surface area contributed by atoms with Gasteiger partial charge in [-0.15, -0.1) is 0 Å². The molecule has 2 saturated carbocycles. The molecule has 0 unspecified atom stereocenters. The van der Waals surface area contributed by atoms with Crippen LogP contribution >= 0.6 is 0 Å². The molecule has 1 amide bonds. The normalized spacial score (nSPS) is 28.3. The van der Waals surface area contributed by atoms with E-state index in [-0.39, 0.29) is 17.5 Å². The molecule has 2 aliphatic rings. The molecule has 4 heteroatoms. The Bertz CT molecular complexity index is 569. The molecule has 112 valence electrons. The molecule has 2 fully saturated rings. The summed E-state index contributed by atoms with van der Waals surface area (Å²) < 4.78 is 0. The highest BCUT2D eigenvalue weighted by atomic mass is 16.4. The van der Waals surface area contributed by atoms with Gasteiger partial charge in [0.25, 0.3) is 5.91 Å². The van der Waals surface area contributed by atoms with Gasteiger partial charge >= 0.3 is 5.97 Å². The molecule has 2 N–H and O–H groups in total. The largest absolute Gasteiger partial charge is 0.478 e. The summed E-state index contributed by atoms with van der Waals surface area (Å²) in [5.41, 5.74) is 0.570. The van der Waals surface area contributed by atoms with Gasteiger partial charge in [0.2, 0.25) is 0 Å². The SMILES string of the molecule is C[C@H](NC(=O)c1cccc(C(=O)O)c1)[C@@H]1C[C@H]2CC[C@H]1C2. The molecule has 3 rings (SSSR count). The summed E-state index contributed by atoms with van der Waals surface area (Å²) in [5, 5.41) is 12.0. The summed E-state index contributed by atoms with van der Waals surface area (Å²) in [6.45, 7) is 2.07. The third kappa shape index (κ3) is 2.80. The van der Waals surface area contributed by atoms with E-state index in [9.17, 15) is 9.59 Å². The minimum Gasteiger partial charge on any atom is -0.478 e. The molecule has 0 radical (unpaired) electrons. The van der Waals surface area contributed by atoms with Gasteiger partial charge in [0, 0.05) is 11.6 Å². The zero-order valence-corrected chi connectivity index (χ0v) is 12.2. The van der Waals surface area contributed by atoms with Gasteiger partial charge in [-0.1, -0.05) is 12.5 Å². The smallest absolute Gasteiger partial charge is 0.335 e. The lowest BCUT2D eigenvalue weighted by molar-refractivity contribution is 0.0697. The molecule has 0 saturated heterocycles. The van der Waals surface area contributed by atoms with Crippen LogP contribution < -0.4 is 5.32 Å². The lowest BCUT2D eigenvalue weighted by Gasteiger charge is -2.28. The molecule has 21 heavy (non-hydrogen) atoms. The Morgan fingerprint density at radius 3 is 2.62 bits per heavy atom. The summed E-state index contributed by atoms with van der Waals surface area (Å²) >= 11 is 0. The molecule has 1 aromatic carbocycles. The van der Waals surface area contributed by atoms with Crippen LogP contribution in [0.3, 0.4) is 0 Å². The standard InChI is InChI=1S/C17H21NO3/c1-10(15-8-11-5-6-12(15)7-11)18-16(19)13-3-2-4-14(9-13)17(20)21/h2-4,9-12,15H,5-8H2,1H3,(H,18,19)(H,20,21)/t10-,11-,12-,15-/m0/s1. The first-order valence-corrected chi connectivity index (χ1v) is 7.69. The first-order chi connectivity index (χ1) is 10.0. The predicted octanol–water partition coefficient (Wildman–Crippen LogP) is 2.94. The van der Waals surface area contributed by atoms with Crippen LogP contribution in [0.4, 0.5) is 0 Å². The van der Waals surface area contributed by atoms with E-state index >= 15 is 0 Å². The zero-order valence-electron chi connectivity index (χ0n) is 12.2. The number of nitrogens with one attached hydrogen (secondary N) is 1. The average molecular weight is 287 g/mol. The van der Waals surface area contributed by atoms with Crippen molar-refractivity contribution in [1.29, 1.82) is 0 Å². The van der Waals surface area contributed by atoms with Crippen LogP contribution in [0.2, 0.25) is 0 Å². The maximum Gasteiger partial charge on any atom is 0.335 e. The third-order valence-corrected chi connectivity index (χ3v) is 5.17. The fourth-order valence-electron chi connectivity index (χ4n) is 4.10. The fraction of sp³-hybridized carbons (Fsp3) is 0.529. The highest BCUT2D eigenvalue weighted by molar-refractivity contribution is 5.97. The molecule has 1 aromatic rings. The van der Waals surface area contributed by atoms with Crippen molar-refractivity contribution >= 4 is 11.9 Å². The molecule has 2 bridgehead atoms. The van der Waals surface area contributed by atoms with Crippen molar-refractivity contribution in [2.45, 2.75) is 38.6 Å². The Labute approximate surface area is 124 Å². The Morgan fingerprint density at radius 1 is 1.24 bits per heavy atom. The second-order valence-electron chi connectivity index (χ2n) is 6.49. The third-order valence-electron chi connectivity index (χ3n) is 5.17. The van der Waals surface area contributed by atoms with Gasteiger partial charge in [-0.25, -0.2) is 4.79 Å². The Balaban J connectivity index is 1.66. The number of carbonyl (C=O) groups is 2. The number of hydrogen-bond acceptors (Lipinski definition) is 2. The number of carboxylic acids is 1. The van der Waals surface area contributed by atoms with Crippen LogP contribution in [0, 0.1) is 17.8 Å². The summed E-state index contributed by atoms with van der Waals surface area (Å²) in [6.07, 6.45) is 5.19. The second-order valence-corrected chi connectivity index (χ2v) is 6.49. The maximum atomic E-state index is 12.3. The van der Waals surface area contributed by atoms with Gasteiger partial charge in [0.05, 0.1) is 5.56 Å². The summed E-state index contributed by atoms with van der Waals surface area (Å²) in [6, 6.07) is 6.36. The molecular formula is C17H21NO3. The van der Waals surface area contributed by atoms with Crippen molar-refractivity contribution < 1.29 is 14.7 Å². The fourth-order valence-corrected chi connectivity index (χ4v) is 4.10. The zero-order chi connectivity index (χ0) is 15.0. The molecule has 4 atom stereocenters. The van der Waals surface area contributed by atoms with E-state index in [2.05, 4.69) is 12.2 Å². The van der Waals surface area contributed by atoms with Crippen molar-refractivity contribution in [3.05, 3.63) is 35.4 Å². The van der Waals surface area contributed by atoms with Gasteiger partial charge in [-0.2, -0.15) is 0 Å². The van der Waals surface area contributed by atoms with Crippen LogP contribution in [-0.4, -0.2) is 23.0 Å². The first kappa shape index (κ1) is 14.1. The Morgan fingerprint density at radius 2 is 2.00 bits per heavy atom. The summed E-state index contributed by atoms with van der Waals surface area (Å²) in [5.74, 6) is 1.01. The number of amides is 1. The minimum atomic E-state index is -1.01. The molecule has 0 spiro atoms.